The van der Waals surface area contributed by atoms with E-state index in [9.17, 15) is 5.11 Å². The monoisotopic (exact) mass is 346 g/mol. The summed E-state index contributed by atoms with van der Waals surface area (Å²) < 4.78 is 5.03. The fourth-order valence-corrected chi connectivity index (χ4v) is 2.47. The maximum Gasteiger partial charge on any atom is 0.0957 e. The van der Waals surface area contributed by atoms with Crippen molar-refractivity contribution in [3.05, 3.63) is 44.0 Å². The largest absolute Gasteiger partial charge is 0.387 e. The summed E-state index contributed by atoms with van der Waals surface area (Å²) in [6.45, 7) is 1.87. The molecular weight excluding hydrogens is 335 g/mol. The van der Waals surface area contributed by atoms with Crippen LogP contribution in [-0.4, -0.2) is 14.7 Å². The molecule has 16 heavy (non-hydrogen) atoms. The quantitative estimate of drug-likeness (QED) is 0.870. The first-order valence-electron chi connectivity index (χ1n) is 4.88. The number of hydrogen-bond acceptors (Lipinski definition) is 4. The molecule has 0 aliphatic heterocycles. The Balaban J connectivity index is 2.10. The van der Waals surface area contributed by atoms with Gasteiger partial charge < -0.3 is 5.11 Å². The molecule has 0 aliphatic carbocycles. The van der Waals surface area contributed by atoms with Crippen LogP contribution in [0.1, 0.15) is 22.2 Å². The van der Waals surface area contributed by atoms with Gasteiger partial charge in [0.25, 0.3) is 0 Å². The molecule has 0 saturated heterocycles. The van der Waals surface area contributed by atoms with Gasteiger partial charge in [0.2, 0.25) is 0 Å². The van der Waals surface area contributed by atoms with Crippen LogP contribution < -0.4 is 0 Å². The highest BCUT2D eigenvalue weighted by atomic mass is 127. The predicted octanol–water partition coefficient (Wildman–Crippen LogP) is 2.73. The molecule has 3 nitrogen and oxygen atoms in total. The molecule has 1 atom stereocenters. The van der Waals surface area contributed by atoms with E-state index in [0.29, 0.717) is 6.42 Å². The summed E-state index contributed by atoms with van der Waals surface area (Å²) in [6, 6.07) is 8.16. The van der Waals surface area contributed by atoms with Crippen LogP contribution in [0.3, 0.4) is 0 Å². The van der Waals surface area contributed by atoms with Gasteiger partial charge >= 0.3 is 0 Å². The van der Waals surface area contributed by atoms with E-state index >= 15 is 0 Å². The number of aryl methyl sites for hydroxylation is 1. The van der Waals surface area contributed by atoms with Crippen molar-refractivity contribution in [3.8, 4) is 0 Å². The van der Waals surface area contributed by atoms with Crippen LogP contribution in [0.25, 0.3) is 0 Å². The third-order valence-electron chi connectivity index (χ3n) is 2.33. The fraction of sp³-hybridized carbons (Fsp3) is 0.273. The average Bonchev–Trinajstić information content (AvgIpc) is 2.68. The number of aliphatic hydroxyl groups is 1. The third kappa shape index (κ3) is 2.78. The molecule has 1 N–H and O–H groups in total. The van der Waals surface area contributed by atoms with E-state index in [0.717, 1.165) is 16.1 Å². The summed E-state index contributed by atoms with van der Waals surface area (Å²) in [6.07, 6.45) is 0.113. The highest BCUT2D eigenvalue weighted by molar-refractivity contribution is 14.1. The van der Waals surface area contributed by atoms with Gasteiger partial charge in [0, 0.05) is 9.99 Å². The third-order valence-corrected chi connectivity index (χ3v) is 3.98. The lowest BCUT2D eigenvalue weighted by molar-refractivity contribution is 0.181. The van der Waals surface area contributed by atoms with Gasteiger partial charge in [0.05, 0.1) is 16.7 Å². The minimum absolute atomic E-state index is 0.500. The topological polar surface area (TPSA) is 46.0 Å². The summed E-state index contributed by atoms with van der Waals surface area (Å²) >= 11 is 3.53. The molecule has 0 saturated carbocycles. The van der Waals surface area contributed by atoms with Crippen LogP contribution in [0.2, 0.25) is 0 Å². The molecule has 5 heteroatoms. The van der Waals surface area contributed by atoms with Crippen LogP contribution in [0.5, 0.6) is 0 Å². The predicted molar refractivity (Wildman–Crippen MR) is 72.5 cm³/mol. The fourth-order valence-electron chi connectivity index (χ4n) is 1.48. The number of aromatic nitrogens is 2. The molecule has 0 radical (unpaired) electrons. The van der Waals surface area contributed by atoms with E-state index in [2.05, 4.69) is 32.2 Å². The molecule has 1 aromatic carbocycles. The zero-order chi connectivity index (χ0) is 11.5. The van der Waals surface area contributed by atoms with Crippen molar-refractivity contribution in [2.45, 2.75) is 19.4 Å². The Morgan fingerprint density at radius 2 is 2.06 bits per heavy atom. The van der Waals surface area contributed by atoms with Gasteiger partial charge in [-0.15, -0.1) is 5.10 Å². The van der Waals surface area contributed by atoms with Gasteiger partial charge in [-0.1, -0.05) is 16.6 Å². The average molecular weight is 346 g/mol. The van der Waals surface area contributed by atoms with Crippen molar-refractivity contribution >= 4 is 34.1 Å². The molecule has 0 bridgehead atoms. The van der Waals surface area contributed by atoms with Crippen molar-refractivity contribution in [1.29, 1.82) is 0 Å². The minimum Gasteiger partial charge on any atom is -0.387 e. The van der Waals surface area contributed by atoms with Crippen molar-refractivity contribution in [2.75, 3.05) is 0 Å². The van der Waals surface area contributed by atoms with Crippen molar-refractivity contribution in [3.63, 3.8) is 0 Å². The second kappa shape index (κ2) is 5.20. The normalized spacial score (nSPS) is 12.7. The Kier molecular flexibility index (Phi) is 3.88. The van der Waals surface area contributed by atoms with E-state index in [-0.39, 0.29) is 0 Å². The van der Waals surface area contributed by atoms with Gasteiger partial charge in [-0.3, -0.25) is 0 Å². The SMILES string of the molecule is Cc1nnsc1C(O)Cc1ccc(I)cc1. The maximum atomic E-state index is 10.0. The highest BCUT2D eigenvalue weighted by Gasteiger charge is 2.14. The first-order valence-corrected chi connectivity index (χ1v) is 6.73. The second-order valence-electron chi connectivity index (χ2n) is 3.57. The number of aliphatic hydroxyl groups excluding tert-OH is 1. The number of nitrogens with zero attached hydrogens (tertiary/aromatic N) is 2. The van der Waals surface area contributed by atoms with Crippen LogP contribution in [-0.2, 0) is 6.42 Å². The molecule has 1 unspecified atom stereocenters. The molecule has 0 spiro atoms. The van der Waals surface area contributed by atoms with Gasteiger partial charge in [-0.2, -0.15) is 0 Å². The molecule has 84 valence electrons. The van der Waals surface area contributed by atoms with Crippen LogP contribution in [0.15, 0.2) is 24.3 Å². The first kappa shape index (κ1) is 11.9. The molecule has 0 amide bonds. The van der Waals surface area contributed by atoms with E-state index in [1.54, 1.807) is 0 Å². The Hall–Kier alpha value is -0.530. The summed E-state index contributed by atoms with van der Waals surface area (Å²) in [5.74, 6) is 0. The van der Waals surface area contributed by atoms with Crippen LogP contribution in [0.4, 0.5) is 0 Å². The highest BCUT2D eigenvalue weighted by Crippen LogP contribution is 2.23. The molecular formula is C11H11IN2OS. The van der Waals surface area contributed by atoms with Crippen LogP contribution in [0, 0.1) is 10.5 Å². The summed E-state index contributed by atoms with van der Waals surface area (Å²) in [4.78, 5) is 0.860. The smallest absolute Gasteiger partial charge is 0.0957 e. The number of halogens is 1. The Labute approximate surface area is 112 Å². The Morgan fingerprint density at radius 1 is 1.38 bits per heavy atom. The van der Waals surface area contributed by atoms with E-state index in [1.165, 1.54) is 15.1 Å². The van der Waals surface area contributed by atoms with Gasteiger partial charge in [0.1, 0.15) is 0 Å². The van der Waals surface area contributed by atoms with Crippen molar-refractivity contribution in [2.24, 2.45) is 0 Å². The van der Waals surface area contributed by atoms with Gasteiger partial charge in [-0.25, -0.2) is 0 Å². The number of hydrogen-bond donors (Lipinski definition) is 1. The summed E-state index contributed by atoms with van der Waals surface area (Å²) in [7, 11) is 0. The molecule has 2 aromatic rings. The Bertz CT molecular complexity index is 469. The molecule has 0 fully saturated rings. The van der Waals surface area contributed by atoms with Crippen LogP contribution >= 0.6 is 34.1 Å². The summed E-state index contributed by atoms with van der Waals surface area (Å²) in [5.41, 5.74) is 1.95. The number of rotatable bonds is 3. The van der Waals surface area contributed by atoms with E-state index in [4.69, 9.17) is 0 Å². The summed E-state index contributed by atoms with van der Waals surface area (Å²) in [5, 5.41) is 13.9. The van der Waals surface area contributed by atoms with Crippen molar-refractivity contribution < 1.29 is 5.11 Å². The van der Waals surface area contributed by atoms with E-state index in [1.807, 2.05) is 31.2 Å². The first-order chi connectivity index (χ1) is 7.66. The maximum absolute atomic E-state index is 10.0. The van der Waals surface area contributed by atoms with E-state index < -0.39 is 6.10 Å². The van der Waals surface area contributed by atoms with Crippen molar-refractivity contribution in [1.82, 2.24) is 9.59 Å². The lowest BCUT2D eigenvalue weighted by atomic mass is 10.1. The van der Waals surface area contributed by atoms with Gasteiger partial charge in [-0.05, 0) is 58.7 Å². The molecule has 0 aliphatic rings. The zero-order valence-corrected chi connectivity index (χ0v) is 11.7. The standard InChI is InChI=1S/C11H11IN2OS/c1-7-11(16-14-13-7)10(15)6-8-2-4-9(12)5-3-8/h2-5,10,15H,6H2,1H3. The minimum atomic E-state index is -0.500. The lowest BCUT2D eigenvalue weighted by Gasteiger charge is -2.08. The second-order valence-corrected chi connectivity index (χ2v) is 5.60. The number of benzene rings is 1. The molecule has 1 heterocycles. The zero-order valence-electron chi connectivity index (χ0n) is 8.72. The van der Waals surface area contributed by atoms with Gasteiger partial charge in [0.15, 0.2) is 0 Å². The lowest BCUT2D eigenvalue weighted by Crippen LogP contribution is -2.01. The molecule has 2 rings (SSSR count). The molecule has 1 aromatic heterocycles. The Morgan fingerprint density at radius 3 is 2.62 bits per heavy atom.